The Morgan fingerprint density at radius 2 is 2.55 bits per heavy atom. The quantitative estimate of drug-likeness (QED) is 0.654. The van der Waals surface area contributed by atoms with Crippen LogP contribution in [-0.4, -0.2) is 25.2 Å². The molecular weight excluding hydrogens is 142 g/mol. The Bertz CT molecular complexity index is 130. The summed E-state index contributed by atoms with van der Waals surface area (Å²) in [5, 5.41) is 2.81. The second-order valence-corrected chi connectivity index (χ2v) is 2.79. The predicted octanol–water partition coefficient (Wildman–Crippen LogP) is 0.692. The molecule has 1 heterocycles. The minimum atomic E-state index is 0.112. The molecule has 3 nitrogen and oxygen atoms in total. The van der Waals surface area contributed by atoms with Crippen molar-refractivity contribution in [2.24, 2.45) is 0 Å². The van der Waals surface area contributed by atoms with Crippen LogP contribution in [0.4, 0.5) is 0 Å². The number of carbonyl (C=O) groups excluding carboxylic acids is 1. The number of hydrogen-bond donors (Lipinski definition) is 1. The predicted molar refractivity (Wildman–Crippen MR) is 42.3 cm³/mol. The van der Waals surface area contributed by atoms with Crippen molar-refractivity contribution in [2.45, 2.75) is 32.3 Å². The zero-order chi connectivity index (χ0) is 8.10. The van der Waals surface area contributed by atoms with Gasteiger partial charge in [0.25, 0.3) is 0 Å². The molecule has 11 heavy (non-hydrogen) atoms. The number of nitrogens with one attached hydrogen (secondary N) is 1. The molecule has 64 valence electrons. The first-order chi connectivity index (χ1) is 5.33. The summed E-state index contributed by atoms with van der Waals surface area (Å²) in [5.41, 5.74) is 0. The lowest BCUT2D eigenvalue weighted by Crippen LogP contribution is -2.31. The van der Waals surface area contributed by atoms with Crippen LogP contribution in [0.3, 0.4) is 0 Å². The molecule has 1 fully saturated rings. The summed E-state index contributed by atoms with van der Waals surface area (Å²) in [6.07, 6.45) is 3.05. The summed E-state index contributed by atoms with van der Waals surface area (Å²) in [6.45, 7) is 3.39. The second-order valence-electron chi connectivity index (χ2n) is 2.79. The molecule has 1 rings (SSSR count). The van der Waals surface area contributed by atoms with Gasteiger partial charge < -0.3 is 10.1 Å². The van der Waals surface area contributed by atoms with Gasteiger partial charge in [0.05, 0.1) is 6.10 Å². The molecule has 0 radical (unpaired) electrons. The monoisotopic (exact) mass is 157 g/mol. The molecule has 1 atom stereocenters. The Labute approximate surface area is 67.1 Å². The fraction of sp³-hybridized carbons (Fsp3) is 0.875. The zero-order valence-corrected chi connectivity index (χ0v) is 6.93. The molecule has 0 unspecified atom stereocenters. The van der Waals surface area contributed by atoms with E-state index in [0.29, 0.717) is 13.0 Å². The molecule has 0 bridgehead atoms. The maximum absolute atomic E-state index is 10.8. The lowest BCUT2D eigenvalue weighted by atomic mass is 10.2. The molecule has 0 aromatic rings. The molecule has 1 N–H and O–H groups in total. The molecular formula is C8H15NO2. The largest absolute Gasteiger partial charge is 0.376 e. The minimum absolute atomic E-state index is 0.112. The summed E-state index contributed by atoms with van der Waals surface area (Å²) in [5.74, 6) is 0.112. The van der Waals surface area contributed by atoms with E-state index in [4.69, 9.17) is 4.74 Å². The van der Waals surface area contributed by atoms with Gasteiger partial charge in [0.2, 0.25) is 5.91 Å². The highest BCUT2D eigenvalue weighted by Crippen LogP contribution is 2.10. The van der Waals surface area contributed by atoms with Crippen LogP contribution in [0.1, 0.15) is 26.2 Å². The highest BCUT2D eigenvalue weighted by molar-refractivity contribution is 5.75. The van der Waals surface area contributed by atoms with E-state index < -0.39 is 0 Å². The number of hydrogen-bond acceptors (Lipinski definition) is 2. The smallest absolute Gasteiger partial charge is 0.219 e. The molecule has 0 saturated carbocycles. The number of rotatable bonds is 3. The van der Waals surface area contributed by atoms with Crippen LogP contribution in [0.25, 0.3) is 0 Å². The number of amides is 1. The van der Waals surface area contributed by atoms with Crippen molar-refractivity contribution in [3.05, 3.63) is 0 Å². The average molecular weight is 157 g/mol. The minimum Gasteiger partial charge on any atom is -0.376 e. The highest BCUT2D eigenvalue weighted by atomic mass is 16.5. The molecule has 3 heteroatoms. The van der Waals surface area contributed by atoms with Crippen LogP contribution in [0, 0.1) is 0 Å². The standard InChI is InChI=1S/C8H15NO2/c1-2-8(10)9-6-7-4-3-5-11-7/h7H,2-6H2,1H3,(H,9,10)/t7-/m1/s1. The Hall–Kier alpha value is -0.570. The van der Waals surface area contributed by atoms with Gasteiger partial charge in [-0.15, -0.1) is 0 Å². The SMILES string of the molecule is CCC(=O)NC[C@H]1CCCO1. The van der Waals surface area contributed by atoms with Gasteiger partial charge in [-0.1, -0.05) is 6.92 Å². The van der Waals surface area contributed by atoms with Crippen LogP contribution in [-0.2, 0) is 9.53 Å². The molecule has 1 saturated heterocycles. The Balaban J connectivity index is 2.06. The third-order valence-corrected chi connectivity index (χ3v) is 1.87. The van der Waals surface area contributed by atoms with Crippen LogP contribution in [0.2, 0.25) is 0 Å². The molecule has 0 aromatic carbocycles. The average Bonchev–Trinajstić information content (AvgIpc) is 2.52. The van der Waals surface area contributed by atoms with E-state index in [1.165, 1.54) is 0 Å². The van der Waals surface area contributed by atoms with Crippen LogP contribution in [0.5, 0.6) is 0 Å². The summed E-state index contributed by atoms with van der Waals surface area (Å²) >= 11 is 0. The van der Waals surface area contributed by atoms with Crippen LogP contribution in [0.15, 0.2) is 0 Å². The lowest BCUT2D eigenvalue weighted by Gasteiger charge is -2.09. The van der Waals surface area contributed by atoms with E-state index >= 15 is 0 Å². The maximum Gasteiger partial charge on any atom is 0.219 e. The molecule has 0 aromatic heterocycles. The number of carbonyl (C=O) groups is 1. The number of ether oxygens (including phenoxy) is 1. The van der Waals surface area contributed by atoms with Crippen molar-refractivity contribution in [1.82, 2.24) is 5.32 Å². The van der Waals surface area contributed by atoms with Crippen LogP contribution >= 0.6 is 0 Å². The van der Waals surface area contributed by atoms with E-state index in [0.717, 1.165) is 19.4 Å². The third kappa shape index (κ3) is 2.89. The summed E-state index contributed by atoms with van der Waals surface area (Å²) < 4.78 is 5.33. The van der Waals surface area contributed by atoms with E-state index in [2.05, 4.69) is 5.32 Å². The van der Waals surface area contributed by atoms with E-state index in [1.54, 1.807) is 0 Å². The van der Waals surface area contributed by atoms with Crippen LogP contribution < -0.4 is 5.32 Å². The van der Waals surface area contributed by atoms with Gasteiger partial charge in [0, 0.05) is 19.6 Å². The second kappa shape index (κ2) is 4.34. The summed E-state index contributed by atoms with van der Waals surface area (Å²) in [6, 6.07) is 0. The summed E-state index contributed by atoms with van der Waals surface area (Å²) in [7, 11) is 0. The Morgan fingerprint density at radius 1 is 1.73 bits per heavy atom. The van der Waals surface area contributed by atoms with Crippen molar-refractivity contribution < 1.29 is 9.53 Å². The lowest BCUT2D eigenvalue weighted by molar-refractivity contribution is -0.121. The van der Waals surface area contributed by atoms with Crippen molar-refractivity contribution in [3.63, 3.8) is 0 Å². The highest BCUT2D eigenvalue weighted by Gasteiger charge is 2.15. The van der Waals surface area contributed by atoms with Crippen molar-refractivity contribution >= 4 is 5.91 Å². The van der Waals surface area contributed by atoms with Crippen molar-refractivity contribution in [1.29, 1.82) is 0 Å². The van der Waals surface area contributed by atoms with Gasteiger partial charge in [0.15, 0.2) is 0 Å². The Morgan fingerprint density at radius 3 is 3.09 bits per heavy atom. The summed E-state index contributed by atoms with van der Waals surface area (Å²) in [4.78, 5) is 10.8. The first kappa shape index (κ1) is 8.53. The van der Waals surface area contributed by atoms with E-state index in [9.17, 15) is 4.79 Å². The van der Waals surface area contributed by atoms with E-state index in [1.807, 2.05) is 6.92 Å². The van der Waals surface area contributed by atoms with Crippen molar-refractivity contribution in [3.8, 4) is 0 Å². The van der Waals surface area contributed by atoms with E-state index in [-0.39, 0.29) is 12.0 Å². The maximum atomic E-state index is 10.8. The van der Waals surface area contributed by atoms with Gasteiger partial charge >= 0.3 is 0 Å². The molecule has 1 aliphatic heterocycles. The molecule has 0 spiro atoms. The Kier molecular flexibility index (Phi) is 3.36. The zero-order valence-electron chi connectivity index (χ0n) is 6.93. The first-order valence-electron chi connectivity index (χ1n) is 4.21. The fourth-order valence-electron chi connectivity index (χ4n) is 1.16. The fourth-order valence-corrected chi connectivity index (χ4v) is 1.16. The van der Waals surface area contributed by atoms with Gasteiger partial charge in [-0.25, -0.2) is 0 Å². The first-order valence-corrected chi connectivity index (χ1v) is 4.21. The topological polar surface area (TPSA) is 38.3 Å². The van der Waals surface area contributed by atoms with Gasteiger partial charge in [-0.2, -0.15) is 0 Å². The third-order valence-electron chi connectivity index (χ3n) is 1.87. The van der Waals surface area contributed by atoms with Crippen molar-refractivity contribution in [2.75, 3.05) is 13.2 Å². The van der Waals surface area contributed by atoms with Gasteiger partial charge in [0.1, 0.15) is 0 Å². The molecule has 1 amide bonds. The molecule has 0 aliphatic carbocycles. The van der Waals surface area contributed by atoms with Gasteiger partial charge in [-0.3, -0.25) is 4.79 Å². The van der Waals surface area contributed by atoms with Gasteiger partial charge in [-0.05, 0) is 12.8 Å². The molecule has 1 aliphatic rings. The normalized spacial score (nSPS) is 23.5.